The van der Waals surface area contributed by atoms with Gasteiger partial charge >= 0.3 is 0 Å². The lowest BCUT2D eigenvalue weighted by Crippen LogP contribution is -2.72. The van der Waals surface area contributed by atoms with Crippen molar-refractivity contribution < 1.29 is 79.2 Å². The van der Waals surface area contributed by atoms with Gasteiger partial charge in [-0.15, -0.1) is 0 Å². The first kappa shape index (κ1) is 33.5. The van der Waals surface area contributed by atoms with Gasteiger partial charge in [0.1, 0.15) is 65.4 Å². The Morgan fingerprint density at radius 1 is 0.870 bits per heavy atom. The van der Waals surface area contributed by atoms with Crippen LogP contribution in [0.5, 0.6) is 23.0 Å². The minimum Gasteiger partial charge on any atom is -0.508 e. The van der Waals surface area contributed by atoms with Crippen molar-refractivity contribution in [3.63, 3.8) is 0 Å². The van der Waals surface area contributed by atoms with E-state index in [4.69, 9.17) is 23.4 Å². The van der Waals surface area contributed by atoms with E-state index >= 15 is 0 Å². The molecule has 250 valence electrons. The van der Waals surface area contributed by atoms with E-state index in [1.165, 1.54) is 24.3 Å². The second-order valence-electron chi connectivity index (χ2n) is 10.9. The maximum Gasteiger partial charge on any atom is 0.300 e. The maximum absolute atomic E-state index is 13.3. The molecule has 0 aliphatic carbocycles. The number of fused-ring (bicyclic) bond motifs is 1. The summed E-state index contributed by atoms with van der Waals surface area (Å²) in [4.78, 5) is 26.3. The monoisotopic (exact) mass is 652 g/mol. The number of aliphatic hydroxyl groups excluding tert-OH is 7. The van der Waals surface area contributed by atoms with E-state index in [0.29, 0.717) is 0 Å². The fourth-order valence-corrected chi connectivity index (χ4v) is 5.35. The summed E-state index contributed by atoms with van der Waals surface area (Å²) in [6.45, 7) is -0.966. The number of phenols is 3. The van der Waals surface area contributed by atoms with Crippen molar-refractivity contribution in [1.82, 2.24) is 0 Å². The topological polar surface area (TPSA) is 286 Å². The van der Waals surface area contributed by atoms with E-state index in [2.05, 4.69) is 0 Å². The van der Waals surface area contributed by atoms with Gasteiger partial charge in [-0.2, -0.15) is 0 Å². The molecule has 17 nitrogen and oxygen atoms in total. The molecule has 46 heavy (non-hydrogen) atoms. The first-order valence-corrected chi connectivity index (χ1v) is 13.9. The number of carbonyl (C=O) groups excluding carboxylic acids is 1. The highest BCUT2D eigenvalue weighted by atomic mass is 16.8. The van der Waals surface area contributed by atoms with E-state index in [-0.39, 0.29) is 17.1 Å². The second kappa shape index (κ2) is 12.7. The van der Waals surface area contributed by atoms with Gasteiger partial charge in [-0.1, -0.05) is 0 Å². The van der Waals surface area contributed by atoms with Crippen LogP contribution in [0.1, 0.15) is 6.92 Å². The van der Waals surface area contributed by atoms with Gasteiger partial charge in [-0.25, -0.2) is 0 Å². The number of hydrogen-bond acceptors (Lipinski definition) is 17. The highest BCUT2D eigenvalue weighted by Gasteiger charge is 2.62. The summed E-state index contributed by atoms with van der Waals surface area (Å²) in [5.74, 6) is -6.77. The number of aliphatic hydroxyl groups is 7. The molecule has 3 heterocycles. The van der Waals surface area contributed by atoms with Gasteiger partial charge in [0.25, 0.3) is 5.79 Å². The smallest absolute Gasteiger partial charge is 0.300 e. The number of phenolic OH excluding ortho intramolecular Hbond substituents is 3. The molecule has 3 aromatic rings. The first-order chi connectivity index (χ1) is 21.7. The lowest BCUT2D eigenvalue weighted by atomic mass is 9.89. The molecule has 0 unspecified atom stereocenters. The molecule has 2 aliphatic rings. The molecule has 0 bridgehead atoms. The van der Waals surface area contributed by atoms with Gasteiger partial charge < -0.3 is 74.4 Å². The summed E-state index contributed by atoms with van der Waals surface area (Å²) in [6.07, 6.45) is -17.3. The fourth-order valence-electron chi connectivity index (χ4n) is 5.35. The molecule has 1 aromatic heterocycles. The lowest BCUT2D eigenvalue weighted by Gasteiger charge is -2.50. The molecule has 10 atom stereocenters. The average Bonchev–Trinajstić information content (AvgIpc) is 3.02. The number of ketones is 1. The van der Waals surface area contributed by atoms with Crippen LogP contribution in [0.15, 0.2) is 45.6 Å². The van der Waals surface area contributed by atoms with Gasteiger partial charge in [0, 0.05) is 24.6 Å². The van der Waals surface area contributed by atoms with Gasteiger partial charge in [0.15, 0.2) is 29.2 Å². The van der Waals surface area contributed by atoms with E-state index in [0.717, 1.165) is 19.1 Å². The quantitative estimate of drug-likeness (QED) is 0.113. The molecule has 17 heteroatoms. The zero-order valence-corrected chi connectivity index (χ0v) is 23.9. The maximum atomic E-state index is 13.3. The van der Waals surface area contributed by atoms with E-state index < -0.39 is 114 Å². The number of hydrogen-bond donors (Lipinski definition) is 10. The molecular formula is C29H32O17. The van der Waals surface area contributed by atoms with Crippen molar-refractivity contribution in [1.29, 1.82) is 0 Å². The molecular weight excluding hydrogens is 620 g/mol. The van der Waals surface area contributed by atoms with Crippen molar-refractivity contribution >= 4 is 16.8 Å². The van der Waals surface area contributed by atoms with E-state index in [1.807, 2.05) is 0 Å². The minimum absolute atomic E-state index is 0.0842. The van der Waals surface area contributed by atoms with E-state index in [1.54, 1.807) is 0 Å². The Bertz CT molecular complexity index is 1640. The number of Topliss-reactive ketones (excluding diaryl/α,β-unsaturated/α-hetero) is 1. The number of rotatable bonds is 8. The molecule has 2 aliphatic heterocycles. The first-order valence-electron chi connectivity index (χ1n) is 13.9. The third-order valence-corrected chi connectivity index (χ3v) is 7.88. The van der Waals surface area contributed by atoms with Crippen LogP contribution in [0, 0.1) is 0 Å². The van der Waals surface area contributed by atoms with Gasteiger partial charge in [0.05, 0.1) is 13.2 Å². The van der Waals surface area contributed by atoms with Crippen molar-refractivity contribution in [3.05, 3.63) is 46.6 Å². The fraction of sp³-hybridized carbons (Fsp3) is 0.448. The summed E-state index contributed by atoms with van der Waals surface area (Å²) in [7, 11) is 0. The molecule has 2 aromatic carbocycles. The molecule has 0 radical (unpaired) electrons. The number of carbonyl (C=O) groups is 1. The van der Waals surface area contributed by atoms with Crippen LogP contribution in [0.25, 0.3) is 22.3 Å². The van der Waals surface area contributed by atoms with Crippen molar-refractivity contribution in [2.75, 3.05) is 13.2 Å². The number of aromatic hydroxyl groups is 3. The van der Waals surface area contributed by atoms with Crippen LogP contribution < -0.4 is 10.2 Å². The van der Waals surface area contributed by atoms with Gasteiger partial charge in [-0.3, -0.25) is 9.59 Å². The Kier molecular flexibility index (Phi) is 9.26. The molecule has 0 spiro atoms. The Morgan fingerprint density at radius 2 is 1.50 bits per heavy atom. The molecule has 0 saturated carbocycles. The van der Waals surface area contributed by atoms with Crippen LogP contribution in [0.2, 0.25) is 0 Å². The summed E-state index contributed by atoms with van der Waals surface area (Å²) in [5, 5.41) is 103. The van der Waals surface area contributed by atoms with Gasteiger partial charge in [0.2, 0.25) is 11.5 Å². The summed E-state index contributed by atoms with van der Waals surface area (Å²) in [5.41, 5.74) is -1.14. The zero-order valence-electron chi connectivity index (χ0n) is 23.9. The largest absolute Gasteiger partial charge is 0.508 e. The van der Waals surface area contributed by atoms with Gasteiger partial charge in [-0.05, 0) is 24.3 Å². The van der Waals surface area contributed by atoms with Crippen LogP contribution in [-0.2, 0) is 19.0 Å². The second-order valence-corrected chi connectivity index (χ2v) is 10.9. The minimum atomic E-state index is -2.92. The summed E-state index contributed by atoms with van der Waals surface area (Å²) >= 11 is 0. The van der Waals surface area contributed by atoms with Crippen molar-refractivity contribution in [2.24, 2.45) is 0 Å². The number of ether oxygens (including phenoxy) is 4. The highest BCUT2D eigenvalue weighted by Crippen LogP contribution is 2.45. The molecule has 2 fully saturated rings. The van der Waals surface area contributed by atoms with E-state index in [9.17, 15) is 60.7 Å². The predicted octanol–water partition coefficient (Wildman–Crippen LogP) is -2.46. The Morgan fingerprint density at radius 3 is 2.11 bits per heavy atom. The van der Waals surface area contributed by atoms with Crippen LogP contribution >= 0.6 is 0 Å². The third kappa shape index (κ3) is 5.66. The lowest BCUT2D eigenvalue weighted by molar-refractivity contribution is -0.377. The Labute approximate surface area is 258 Å². The SMILES string of the molecule is CC(=O)[C@@]1(Oc2cc(O)c3c(=O)cc(-c4ccc(O)cc4)oc3c2O)O[C@H](CO)[C@H](O)[C@H](O)[C@@H]1O[C@@H]1O[C@H](CO)[C@H](O)[C@H](O)[C@@H]1O. The highest BCUT2D eigenvalue weighted by molar-refractivity contribution is 5.92. The summed E-state index contributed by atoms with van der Waals surface area (Å²) in [6, 6.07) is 7.16. The summed E-state index contributed by atoms with van der Waals surface area (Å²) < 4.78 is 28.1. The molecule has 2 saturated heterocycles. The Balaban J connectivity index is 1.62. The van der Waals surface area contributed by atoms with Crippen LogP contribution in [0.4, 0.5) is 0 Å². The normalized spacial score (nSPS) is 33.2. The molecule has 0 amide bonds. The molecule has 10 N–H and O–H groups in total. The zero-order chi connectivity index (χ0) is 33.7. The van der Waals surface area contributed by atoms with Crippen molar-refractivity contribution in [2.45, 2.75) is 67.8 Å². The third-order valence-electron chi connectivity index (χ3n) is 7.88. The van der Waals surface area contributed by atoms with Crippen molar-refractivity contribution in [3.8, 4) is 34.3 Å². The standard InChI is InChI=1S/C29H32O17/c1-10(32)29(27(24(40)21(37)18(9-31)46-29)44-28-25(41)23(39)20(36)17(8-30)43-28)45-16-7-14(35)19-13(34)6-15(42-26(19)22(16)38)11-2-4-12(33)5-3-11/h2-7,17-18,20-21,23-25,27-28,30-31,33,35-41H,8-9H2,1H3/t17-,18-,20+,21+,23+,24+,25+,27+,28+,29-/m1/s1. The van der Waals surface area contributed by atoms with Crippen LogP contribution in [-0.4, -0.2) is 131 Å². The Hall–Kier alpha value is -3.88. The predicted molar refractivity (Wildman–Crippen MR) is 150 cm³/mol. The number of benzene rings is 2. The average molecular weight is 653 g/mol. The molecule has 5 rings (SSSR count). The van der Waals surface area contributed by atoms with Crippen LogP contribution in [0.3, 0.4) is 0 Å².